The van der Waals surface area contributed by atoms with Gasteiger partial charge in [0.25, 0.3) is 0 Å². The molecule has 0 amide bonds. The van der Waals surface area contributed by atoms with Crippen LogP contribution >= 0.6 is 11.6 Å². The number of nitrogens with one attached hydrogen (secondary N) is 1. The molecule has 118 valence electrons. The monoisotopic (exact) mass is 329 g/mol. The Morgan fingerprint density at radius 1 is 1.13 bits per heavy atom. The Morgan fingerprint density at radius 3 is 2.39 bits per heavy atom. The van der Waals surface area contributed by atoms with E-state index in [-0.39, 0.29) is 11.5 Å². The fraction of sp³-hybridized carbons (Fsp3) is 0.118. The minimum Gasteiger partial charge on any atom is -0.399 e. The zero-order valence-electron chi connectivity index (χ0n) is 12.8. The number of anilines is 1. The summed E-state index contributed by atoms with van der Waals surface area (Å²) in [5.41, 5.74) is 5.32. The average molecular weight is 330 g/mol. The van der Waals surface area contributed by atoms with Crippen LogP contribution in [0.3, 0.4) is 0 Å². The summed E-state index contributed by atoms with van der Waals surface area (Å²) in [4.78, 5) is 17.1. The number of carbonyl (C=O) groups excluding carboxylic acids is 1. The third kappa shape index (κ3) is 4.93. The summed E-state index contributed by atoms with van der Waals surface area (Å²) in [5.74, 6) is -0.290. The van der Waals surface area contributed by atoms with E-state index in [1.54, 1.807) is 24.3 Å². The van der Waals surface area contributed by atoms with E-state index in [2.05, 4.69) is 20.5 Å². The highest BCUT2D eigenvalue weighted by Crippen LogP contribution is 2.11. The predicted octanol–water partition coefficient (Wildman–Crippen LogP) is 3.93. The number of nitrogens with zero attached hydrogens (tertiary/aromatic N) is 2. The topological polar surface area (TPSA) is 63.1 Å². The van der Waals surface area contributed by atoms with Crippen LogP contribution in [0.2, 0.25) is 5.02 Å². The quantitative estimate of drug-likeness (QED) is 0.496. The summed E-state index contributed by atoms with van der Waals surface area (Å²) in [5, 5.41) is 8.29. The van der Waals surface area contributed by atoms with Crippen molar-refractivity contribution in [1.29, 1.82) is 0 Å². The average Bonchev–Trinajstić information content (AvgIpc) is 2.56. The van der Waals surface area contributed by atoms with Crippen LogP contribution in [0.5, 0.6) is 0 Å². The highest BCUT2D eigenvalue weighted by Gasteiger charge is 2.13. The molecule has 0 aliphatic heterocycles. The van der Waals surface area contributed by atoms with Gasteiger partial charge in [0, 0.05) is 10.6 Å². The SMILES string of the molecule is CON=CC(=NNc1ccc(C)cc1)C(=O)c1ccc(Cl)cc1. The van der Waals surface area contributed by atoms with Crippen LogP contribution in [-0.2, 0) is 4.84 Å². The van der Waals surface area contributed by atoms with Gasteiger partial charge < -0.3 is 4.84 Å². The van der Waals surface area contributed by atoms with Crippen LogP contribution in [0, 0.1) is 6.92 Å². The molecule has 6 heteroatoms. The van der Waals surface area contributed by atoms with Crippen molar-refractivity contribution >= 4 is 35.0 Å². The highest BCUT2D eigenvalue weighted by atomic mass is 35.5. The van der Waals surface area contributed by atoms with Gasteiger partial charge in [-0.15, -0.1) is 0 Å². The Hall–Kier alpha value is -2.66. The Kier molecular flexibility index (Phi) is 5.88. The molecule has 5 nitrogen and oxygen atoms in total. The minimum absolute atomic E-state index is 0.120. The lowest BCUT2D eigenvalue weighted by molar-refractivity contribution is 0.106. The molecule has 0 radical (unpaired) electrons. The fourth-order valence-corrected chi connectivity index (χ4v) is 1.87. The van der Waals surface area contributed by atoms with Gasteiger partial charge in [0.2, 0.25) is 5.78 Å². The van der Waals surface area contributed by atoms with Crippen molar-refractivity contribution < 1.29 is 9.63 Å². The van der Waals surface area contributed by atoms with E-state index in [0.717, 1.165) is 11.3 Å². The molecule has 0 spiro atoms. The number of hydrogen-bond donors (Lipinski definition) is 1. The molecule has 0 saturated carbocycles. The Balaban J connectivity index is 2.23. The van der Waals surface area contributed by atoms with Crippen molar-refractivity contribution in [1.82, 2.24) is 0 Å². The largest absolute Gasteiger partial charge is 0.399 e. The zero-order valence-corrected chi connectivity index (χ0v) is 13.5. The van der Waals surface area contributed by atoms with E-state index in [0.29, 0.717) is 10.6 Å². The van der Waals surface area contributed by atoms with Gasteiger partial charge in [-0.25, -0.2) is 0 Å². The van der Waals surface area contributed by atoms with Gasteiger partial charge in [0.1, 0.15) is 7.11 Å². The summed E-state index contributed by atoms with van der Waals surface area (Å²) in [7, 11) is 1.40. The molecule has 1 N–H and O–H groups in total. The zero-order chi connectivity index (χ0) is 16.7. The van der Waals surface area contributed by atoms with E-state index >= 15 is 0 Å². The van der Waals surface area contributed by atoms with Gasteiger partial charge in [0.05, 0.1) is 11.9 Å². The first-order chi connectivity index (χ1) is 11.1. The molecule has 23 heavy (non-hydrogen) atoms. The second kappa shape index (κ2) is 8.10. The van der Waals surface area contributed by atoms with Crippen LogP contribution in [0.1, 0.15) is 15.9 Å². The predicted molar refractivity (Wildman–Crippen MR) is 93.5 cm³/mol. The van der Waals surface area contributed by atoms with Gasteiger partial charge in [-0.3, -0.25) is 10.2 Å². The first-order valence-electron chi connectivity index (χ1n) is 6.87. The third-order valence-electron chi connectivity index (χ3n) is 2.98. The van der Waals surface area contributed by atoms with E-state index in [4.69, 9.17) is 11.6 Å². The van der Waals surface area contributed by atoms with E-state index in [9.17, 15) is 4.79 Å². The highest BCUT2D eigenvalue weighted by molar-refractivity contribution is 6.64. The minimum atomic E-state index is -0.290. The molecule has 0 aromatic heterocycles. The van der Waals surface area contributed by atoms with Gasteiger partial charge in [-0.2, -0.15) is 5.10 Å². The first kappa shape index (κ1) is 16.7. The summed E-state index contributed by atoms with van der Waals surface area (Å²) >= 11 is 5.83. The first-order valence-corrected chi connectivity index (χ1v) is 7.25. The van der Waals surface area contributed by atoms with Gasteiger partial charge in [-0.05, 0) is 43.3 Å². The van der Waals surface area contributed by atoms with Crippen LogP contribution in [0.15, 0.2) is 58.8 Å². The van der Waals surface area contributed by atoms with E-state index in [1.165, 1.54) is 13.3 Å². The van der Waals surface area contributed by atoms with E-state index < -0.39 is 0 Å². The Morgan fingerprint density at radius 2 is 1.78 bits per heavy atom. The smallest absolute Gasteiger partial charge is 0.214 e. The molecule has 2 aromatic carbocycles. The normalized spacial score (nSPS) is 11.5. The van der Waals surface area contributed by atoms with Gasteiger partial charge in [0.15, 0.2) is 5.71 Å². The molecule has 2 aromatic rings. The van der Waals surface area contributed by atoms with Crippen LogP contribution in [0.4, 0.5) is 5.69 Å². The number of oxime groups is 1. The number of carbonyl (C=O) groups is 1. The lowest BCUT2D eigenvalue weighted by atomic mass is 10.1. The lowest BCUT2D eigenvalue weighted by Gasteiger charge is -2.04. The molecule has 0 aliphatic rings. The van der Waals surface area contributed by atoms with Crippen molar-refractivity contribution in [3.05, 3.63) is 64.7 Å². The number of hydrazone groups is 1. The van der Waals surface area contributed by atoms with Gasteiger partial charge >= 0.3 is 0 Å². The van der Waals surface area contributed by atoms with Crippen molar-refractivity contribution in [3.8, 4) is 0 Å². The summed E-state index contributed by atoms with van der Waals surface area (Å²) in [6.07, 6.45) is 1.26. The van der Waals surface area contributed by atoms with Crippen molar-refractivity contribution in [2.75, 3.05) is 12.5 Å². The lowest BCUT2D eigenvalue weighted by Crippen LogP contribution is -2.17. The van der Waals surface area contributed by atoms with E-state index in [1.807, 2.05) is 31.2 Å². The maximum absolute atomic E-state index is 12.5. The Bertz CT molecular complexity index is 723. The number of rotatable bonds is 6. The standard InChI is InChI=1S/C17H16ClN3O2/c1-12-3-9-15(10-4-12)20-21-16(11-19-23-2)17(22)13-5-7-14(18)8-6-13/h3-11,20H,1-2H3. The molecule has 0 aliphatic carbocycles. The Labute approximate surface area is 139 Å². The molecular formula is C17H16ClN3O2. The van der Waals surface area contributed by atoms with Crippen molar-refractivity contribution in [2.24, 2.45) is 10.3 Å². The van der Waals surface area contributed by atoms with Crippen LogP contribution < -0.4 is 5.43 Å². The number of halogens is 1. The van der Waals surface area contributed by atoms with Gasteiger partial charge in [-0.1, -0.05) is 34.5 Å². The maximum Gasteiger partial charge on any atom is 0.214 e. The maximum atomic E-state index is 12.5. The van der Waals surface area contributed by atoms with Crippen molar-refractivity contribution in [3.63, 3.8) is 0 Å². The number of aryl methyl sites for hydroxylation is 1. The summed E-state index contributed by atoms with van der Waals surface area (Å²) in [6, 6.07) is 14.2. The molecule has 0 atom stereocenters. The molecule has 0 saturated heterocycles. The molecule has 2 rings (SSSR count). The second-order valence-electron chi connectivity index (χ2n) is 4.73. The summed E-state index contributed by atoms with van der Waals surface area (Å²) < 4.78 is 0. The fourth-order valence-electron chi connectivity index (χ4n) is 1.74. The molecule has 0 fully saturated rings. The second-order valence-corrected chi connectivity index (χ2v) is 5.16. The third-order valence-corrected chi connectivity index (χ3v) is 3.23. The number of Topliss-reactive ketones (excluding diaryl/α,β-unsaturated/α-hetero) is 1. The molecular weight excluding hydrogens is 314 g/mol. The molecule has 0 heterocycles. The summed E-state index contributed by atoms with van der Waals surface area (Å²) in [6.45, 7) is 1.99. The van der Waals surface area contributed by atoms with Crippen LogP contribution in [0.25, 0.3) is 0 Å². The number of ketones is 1. The van der Waals surface area contributed by atoms with Crippen LogP contribution in [-0.4, -0.2) is 24.8 Å². The molecule has 0 bridgehead atoms. The number of hydrogen-bond acceptors (Lipinski definition) is 5. The van der Waals surface area contributed by atoms with Crippen molar-refractivity contribution in [2.45, 2.75) is 6.92 Å². The number of benzene rings is 2. The molecule has 0 unspecified atom stereocenters.